The molecule has 120 valence electrons. The third-order valence-corrected chi connectivity index (χ3v) is 5.53. The van der Waals surface area contributed by atoms with Crippen LogP contribution in [0.1, 0.15) is 40.5 Å². The van der Waals surface area contributed by atoms with Crippen LogP contribution in [0.5, 0.6) is 0 Å². The molecule has 1 aliphatic rings. The highest BCUT2D eigenvalue weighted by atomic mass is 32.2. The van der Waals surface area contributed by atoms with E-state index in [-0.39, 0.29) is 24.5 Å². The fourth-order valence-electron chi connectivity index (χ4n) is 2.49. The SMILES string of the molecule is CC(C)OCCS(=O)(=O)N(CC1CCCNC1)C(C)C. The molecule has 6 heteroatoms. The first-order valence-electron chi connectivity index (χ1n) is 7.64. The summed E-state index contributed by atoms with van der Waals surface area (Å²) in [7, 11) is -3.24. The van der Waals surface area contributed by atoms with E-state index in [0.29, 0.717) is 12.5 Å². The van der Waals surface area contributed by atoms with Gasteiger partial charge in [-0.15, -0.1) is 0 Å². The monoisotopic (exact) mass is 306 g/mol. The van der Waals surface area contributed by atoms with E-state index < -0.39 is 10.0 Å². The minimum Gasteiger partial charge on any atom is -0.378 e. The largest absolute Gasteiger partial charge is 0.378 e. The average Bonchev–Trinajstić information content (AvgIpc) is 2.36. The van der Waals surface area contributed by atoms with Crippen LogP contribution >= 0.6 is 0 Å². The number of nitrogens with one attached hydrogen (secondary N) is 1. The third-order valence-electron chi connectivity index (χ3n) is 3.56. The van der Waals surface area contributed by atoms with Crippen LogP contribution < -0.4 is 5.32 Å². The Morgan fingerprint density at radius 3 is 2.50 bits per heavy atom. The van der Waals surface area contributed by atoms with Gasteiger partial charge in [0, 0.05) is 12.6 Å². The van der Waals surface area contributed by atoms with E-state index >= 15 is 0 Å². The molecule has 1 unspecified atom stereocenters. The highest BCUT2D eigenvalue weighted by molar-refractivity contribution is 7.89. The van der Waals surface area contributed by atoms with Crippen LogP contribution in [0.2, 0.25) is 0 Å². The first-order valence-corrected chi connectivity index (χ1v) is 9.25. The number of sulfonamides is 1. The molecule has 0 aliphatic carbocycles. The van der Waals surface area contributed by atoms with E-state index in [0.717, 1.165) is 25.9 Å². The lowest BCUT2D eigenvalue weighted by Crippen LogP contribution is -2.45. The first kappa shape index (κ1) is 17.9. The van der Waals surface area contributed by atoms with E-state index in [4.69, 9.17) is 4.74 Å². The van der Waals surface area contributed by atoms with Gasteiger partial charge in [-0.05, 0) is 59.5 Å². The molecule has 1 aliphatic heterocycles. The molecule has 1 rings (SSSR count). The average molecular weight is 306 g/mol. The van der Waals surface area contributed by atoms with Gasteiger partial charge < -0.3 is 10.1 Å². The summed E-state index contributed by atoms with van der Waals surface area (Å²) in [6.07, 6.45) is 2.31. The van der Waals surface area contributed by atoms with Crippen LogP contribution in [0.4, 0.5) is 0 Å². The molecule has 0 amide bonds. The molecule has 1 saturated heterocycles. The summed E-state index contributed by atoms with van der Waals surface area (Å²) in [5, 5.41) is 3.34. The summed E-state index contributed by atoms with van der Waals surface area (Å²) in [4.78, 5) is 0. The summed E-state index contributed by atoms with van der Waals surface area (Å²) >= 11 is 0. The lowest BCUT2D eigenvalue weighted by molar-refractivity contribution is 0.0904. The van der Waals surface area contributed by atoms with Crippen molar-refractivity contribution in [2.75, 3.05) is 32.0 Å². The standard InChI is InChI=1S/C14H30N2O3S/c1-12(2)16(11-14-6-5-7-15-10-14)20(17,18)9-8-19-13(3)4/h12-15H,5-11H2,1-4H3. The van der Waals surface area contributed by atoms with Crippen molar-refractivity contribution in [1.82, 2.24) is 9.62 Å². The molecule has 0 aromatic heterocycles. The van der Waals surface area contributed by atoms with Gasteiger partial charge in [0.25, 0.3) is 0 Å². The topological polar surface area (TPSA) is 58.6 Å². The number of nitrogens with zero attached hydrogens (tertiary/aromatic N) is 1. The fraction of sp³-hybridized carbons (Fsp3) is 1.00. The molecule has 20 heavy (non-hydrogen) atoms. The molecule has 1 N–H and O–H groups in total. The Morgan fingerprint density at radius 2 is 2.00 bits per heavy atom. The lowest BCUT2D eigenvalue weighted by atomic mass is 9.99. The fourth-order valence-corrected chi connectivity index (χ4v) is 4.11. The van der Waals surface area contributed by atoms with Crippen molar-refractivity contribution in [2.24, 2.45) is 5.92 Å². The predicted molar refractivity (Wildman–Crippen MR) is 82.3 cm³/mol. The molecule has 0 saturated carbocycles. The van der Waals surface area contributed by atoms with Gasteiger partial charge >= 0.3 is 0 Å². The normalized spacial score (nSPS) is 21.1. The van der Waals surface area contributed by atoms with Crippen molar-refractivity contribution >= 4 is 10.0 Å². The molecule has 1 heterocycles. The van der Waals surface area contributed by atoms with E-state index in [2.05, 4.69) is 5.32 Å². The van der Waals surface area contributed by atoms with Gasteiger partial charge in [0.1, 0.15) is 0 Å². The quantitative estimate of drug-likeness (QED) is 0.737. The second kappa shape index (κ2) is 8.32. The van der Waals surface area contributed by atoms with Crippen LogP contribution in [-0.2, 0) is 14.8 Å². The number of ether oxygens (including phenoxy) is 1. The van der Waals surface area contributed by atoms with Crippen molar-refractivity contribution in [3.8, 4) is 0 Å². The lowest BCUT2D eigenvalue weighted by Gasteiger charge is -2.32. The number of hydrogen-bond acceptors (Lipinski definition) is 4. The summed E-state index contributed by atoms with van der Waals surface area (Å²) in [5.74, 6) is 0.496. The molecular weight excluding hydrogens is 276 g/mol. The van der Waals surface area contributed by atoms with E-state index in [1.165, 1.54) is 0 Å². The maximum atomic E-state index is 12.5. The zero-order valence-electron chi connectivity index (χ0n) is 13.3. The zero-order chi connectivity index (χ0) is 15.2. The highest BCUT2D eigenvalue weighted by Crippen LogP contribution is 2.17. The Kier molecular flexibility index (Phi) is 7.43. The van der Waals surface area contributed by atoms with E-state index in [9.17, 15) is 8.42 Å². The maximum absolute atomic E-state index is 12.5. The van der Waals surface area contributed by atoms with Crippen molar-refractivity contribution in [3.63, 3.8) is 0 Å². The summed E-state index contributed by atoms with van der Waals surface area (Å²) in [6, 6.07) is 0.000904. The van der Waals surface area contributed by atoms with Gasteiger partial charge in [0.15, 0.2) is 0 Å². The van der Waals surface area contributed by atoms with Crippen LogP contribution in [0, 0.1) is 5.92 Å². The minimum absolute atomic E-state index is 0.000904. The minimum atomic E-state index is -3.24. The summed E-state index contributed by atoms with van der Waals surface area (Å²) < 4.78 is 31.9. The molecule has 1 atom stereocenters. The van der Waals surface area contributed by atoms with Crippen molar-refractivity contribution in [2.45, 2.75) is 52.7 Å². The molecule has 0 radical (unpaired) electrons. The molecular formula is C14H30N2O3S. The number of piperidine rings is 1. The molecule has 0 aromatic rings. The summed E-state index contributed by atoms with van der Waals surface area (Å²) in [5.41, 5.74) is 0. The van der Waals surface area contributed by atoms with Gasteiger partial charge in [-0.2, -0.15) is 4.31 Å². The second-order valence-electron chi connectivity index (χ2n) is 6.11. The summed E-state index contributed by atoms with van der Waals surface area (Å²) in [6.45, 7) is 10.6. The Bertz CT molecular complexity index is 363. The molecule has 5 nitrogen and oxygen atoms in total. The molecule has 0 spiro atoms. The third kappa shape index (κ3) is 6.08. The Labute approximate surface area is 124 Å². The number of rotatable bonds is 8. The van der Waals surface area contributed by atoms with Crippen LogP contribution in [0.15, 0.2) is 0 Å². The van der Waals surface area contributed by atoms with Gasteiger partial charge in [-0.3, -0.25) is 0 Å². The molecule has 1 fully saturated rings. The zero-order valence-corrected chi connectivity index (χ0v) is 14.1. The second-order valence-corrected chi connectivity index (χ2v) is 8.15. The van der Waals surface area contributed by atoms with Gasteiger partial charge in [0.2, 0.25) is 10.0 Å². The van der Waals surface area contributed by atoms with Crippen molar-refractivity contribution < 1.29 is 13.2 Å². The highest BCUT2D eigenvalue weighted by Gasteiger charge is 2.28. The Morgan fingerprint density at radius 1 is 1.30 bits per heavy atom. The predicted octanol–water partition coefficient (Wildman–Crippen LogP) is 1.45. The smallest absolute Gasteiger partial charge is 0.216 e. The van der Waals surface area contributed by atoms with Gasteiger partial charge in [-0.1, -0.05) is 0 Å². The Balaban J connectivity index is 2.58. The van der Waals surface area contributed by atoms with Crippen LogP contribution in [-0.4, -0.2) is 56.9 Å². The van der Waals surface area contributed by atoms with Crippen molar-refractivity contribution in [3.05, 3.63) is 0 Å². The maximum Gasteiger partial charge on any atom is 0.216 e. The van der Waals surface area contributed by atoms with Crippen LogP contribution in [0.25, 0.3) is 0 Å². The van der Waals surface area contributed by atoms with E-state index in [1.807, 2.05) is 27.7 Å². The van der Waals surface area contributed by atoms with Gasteiger partial charge in [0.05, 0.1) is 18.5 Å². The van der Waals surface area contributed by atoms with Crippen molar-refractivity contribution in [1.29, 1.82) is 0 Å². The van der Waals surface area contributed by atoms with Gasteiger partial charge in [-0.25, -0.2) is 8.42 Å². The van der Waals surface area contributed by atoms with Crippen LogP contribution in [0.3, 0.4) is 0 Å². The first-order chi connectivity index (χ1) is 9.33. The molecule has 0 aromatic carbocycles. The number of hydrogen-bond donors (Lipinski definition) is 1. The Hall–Kier alpha value is -0.170. The van der Waals surface area contributed by atoms with E-state index in [1.54, 1.807) is 4.31 Å². The molecule has 0 bridgehead atoms.